The van der Waals surface area contributed by atoms with Crippen LogP contribution in [0.3, 0.4) is 0 Å². The van der Waals surface area contributed by atoms with Gasteiger partial charge in [0.15, 0.2) is 0 Å². The number of nitrogens with zero attached hydrogens (tertiary/aromatic N) is 1. The molecule has 0 aromatic heterocycles. The molecular weight excluding hydrogens is 384 g/mol. The number of carbonyl (C=O) groups excluding carboxylic acids is 1. The van der Waals surface area contributed by atoms with Gasteiger partial charge in [-0.05, 0) is 63.4 Å². The third-order valence-electron chi connectivity index (χ3n) is 5.75. The predicted molar refractivity (Wildman–Crippen MR) is 124 cm³/mol. The fourth-order valence-electron chi connectivity index (χ4n) is 3.98. The van der Waals surface area contributed by atoms with Gasteiger partial charge in [0.05, 0.1) is 4.58 Å². The maximum absolute atomic E-state index is 12.1. The van der Waals surface area contributed by atoms with Crippen LogP contribution in [0, 0.1) is 6.92 Å². The summed E-state index contributed by atoms with van der Waals surface area (Å²) in [4.78, 5) is 14.5. The minimum Gasteiger partial charge on any atom is -0.355 e. The molecular formula is C23H36N2OS2. The average Bonchev–Trinajstić information content (AvgIpc) is 2.73. The lowest BCUT2D eigenvalue weighted by molar-refractivity contribution is -0.121. The van der Waals surface area contributed by atoms with Gasteiger partial charge in [0, 0.05) is 24.8 Å². The van der Waals surface area contributed by atoms with Gasteiger partial charge < -0.3 is 10.2 Å². The summed E-state index contributed by atoms with van der Waals surface area (Å²) in [5.74, 6) is 1.49. The van der Waals surface area contributed by atoms with Gasteiger partial charge in [-0.2, -0.15) is 0 Å². The van der Waals surface area contributed by atoms with Crippen LogP contribution in [-0.4, -0.2) is 48.0 Å². The number of carbonyl (C=O) groups is 1. The molecule has 2 saturated heterocycles. The third kappa shape index (κ3) is 7.64. The SMILES string of the molecule is Cc1ccc(C2SCCC(CCCCC(=O)NCCN3CCCCC3)S2)cc1. The molecule has 3 nitrogen and oxygen atoms in total. The third-order valence-corrected chi connectivity index (χ3v) is 8.92. The maximum atomic E-state index is 12.1. The van der Waals surface area contributed by atoms with Crippen LogP contribution in [0.25, 0.3) is 0 Å². The fourth-order valence-corrected chi connectivity index (χ4v) is 7.41. The number of likely N-dealkylation sites (tertiary alicyclic amines) is 1. The van der Waals surface area contributed by atoms with Gasteiger partial charge in [0.25, 0.3) is 0 Å². The average molecular weight is 421 g/mol. The zero-order valence-corrected chi connectivity index (χ0v) is 19.0. The lowest BCUT2D eigenvalue weighted by Crippen LogP contribution is -2.37. The second-order valence-corrected chi connectivity index (χ2v) is 11.1. The molecule has 2 aliphatic heterocycles. The van der Waals surface area contributed by atoms with Crippen molar-refractivity contribution in [1.82, 2.24) is 10.2 Å². The molecule has 5 heteroatoms. The topological polar surface area (TPSA) is 32.3 Å². The summed E-state index contributed by atoms with van der Waals surface area (Å²) >= 11 is 4.22. The number of thioether (sulfide) groups is 2. The number of unbranched alkanes of at least 4 members (excludes halogenated alkanes) is 1. The van der Waals surface area contributed by atoms with Crippen molar-refractivity contribution in [3.05, 3.63) is 35.4 Å². The highest BCUT2D eigenvalue weighted by Gasteiger charge is 2.24. The second kappa shape index (κ2) is 12.1. The number of hydrogen-bond donors (Lipinski definition) is 1. The Kier molecular flexibility index (Phi) is 9.56. The Bertz CT molecular complexity index is 587. The van der Waals surface area contributed by atoms with E-state index in [9.17, 15) is 4.79 Å². The normalized spacial score (nSPS) is 23.5. The van der Waals surface area contributed by atoms with E-state index in [0.717, 1.165) is 24.8 Å². The molecule has 0 radical (unpaired) electrons. The second-order valence-electron chi connectivity index (χ2n) is 8.16. The number of rotatable bonds is 9. The summed E-state index contributed by atoms with van der Waals surface area (Å²) in [6, 6.07) is 9.03. The molecule has 1 amide bonds. The Balaban J connectivity index is 1.26. The number of hydrogen-bond acceptors (Lipinski definition) is 4. The van der Waals surface area contributed by atoms with Gasteiger partial charge in [0.2, 0.25) is 5.91 Å². The van der Waals surface area contributed by atoms with Crippen LogP contribution in [0.2, 0.25) is 0 Å². The minimum absolute atomic E-state index is 0.237. The molecule has 2 fully saturated rings. The zero-order valence-electron chi connectivity index (χ0n) is 17.3. The Hall–Kier alpha value is -0.650. The van der Waals surface area contributed by atoms with Crippen LogP contribution in [0.4, 0.5) is 0 Å². The van der Waals surface area contributed by atoms with Gasteiger partial charge in [-0.3, -0.25) is 4.79 Å². The van der Waals surface area contributed by atoms with E-state index in [1.165, 1.54) is 68.5 Å². The molecule has 2 unspecified atom stereocenters. The first-order valence-electron chi connectivity index (χ1n) is 11.0. The summed E-state index contributed by atoms with van der Waals surface area (Å²) in [7, 11) is 0. The van der Waals surface area contributed by atoms with Crippen molar-refractivity contribution in [3.63, 3.8) is 0 Å². The quantitative estimate of drug-likeness (QED) is 0.543. The van der Waals surface area contributed by atoms with E-state index >= 15 is 0 Å². The van der Waals surface area contributed by atoms with Gasteiger partial charge in [-0.25, -0.2) is 0 Å². The van der Waals surface area contributed by atoms with E-state index in [-0.39, 0.29) is 5.91 Å². The van der Waals surface area contributed by atoms with Crippen molar-refractivity contribution in [2.24, 2.45) is 0 Å². The molecule has 2 aliphatic rings. The number of amides is 1. The monoisotopic (exact) mass is 420 g/mol. The Morgan fingerprint density at radius 2 is 1.93 bits per heavy atom. The maximum Gasteiger partial charge on any atom is 0.220 e. The van der Waals surface area contributed by atoms with Crippen LogP contribution in [-0.2, 0) is 4.79 Å². The standard InChI is InChI=1S/C23H36N2OS2/c1-19-9-11-20(12-10-19)23-27-18-13-21(28-23)7-3-4-8-22(26)24-14-17-25-15-5-2-6-16-25/h9-12,21,23H,2-8,13-18H2,1H3,(H,24,26). The summed E-state index contributed by atoms with van der Waals surface area (Å²) in [5.41, 5.74) is 2.79. The Labute approximate surface area is 179 Å². The molecule has 0 aliphatic carbocycles. The summed E-state index contributed by atoms with van der Waals surface area (Å²) in [5, 5.41) is 3.86. The Morgan fingerprint density at radius 1 is 1.14 bits per heavy atom. The van der Waals surface area contributed by atoms with E-state index in [1.807, 2.05) is 0 Å². The lowest BCUT2D eigenvalue weighted by atomic mass is 10.1. The Morgan fingerprint density at radius 3 is 2.71 bits per heavy atom. The molecule has 1 aromatic carbocycles. The van der Waals surface area contributed by atoms with Crippen LogP contribution < -0.4 is 5.32 Å². The number of nitrogens with one attached hydrogen (secondary N) is 1. The van der Waals surface area contributed by atoms with Crippen LogP contribution in [0.15, 0.2) is 24.3 Å². The van der Waals surface area contributed by atoms with E-state index in [0.29, 0.717) is 11.0 Å². The lowest BCUT2D eigenvalue weighted by Gasteiger charge is -2.28. The number of aryl methyl sites for hydroxylation is 1. The van der Waals surface area contributed by atoms with Gasteiger partial charge in [-0.1, -0.05) is 42.7 Å². The molecule has 0 bridgehead atoms. The smallest absolute Gasteiger partial charge is 0.220 e. The van der Waals surface area contributed by atoms with Crippen LogP contribution in [0.1, 0.15) is 67.1 Å². The van der Waals surface area contributed by atoms with Gasteiger partial charge in [0.1, 0.15) is 0 Å². The van der Waals surface area contributed by atoms with E-state index in [4.69, 9.17) is 0 Å². The molecule has 28 heavy (non-hydrogen) atoms. The fraction of sp³-hybridized carbons (Fsp3) is 0.696. The number of piperidine rings is 1. The summed E-state index contributed by atoms with van der Waals surface area (Å²) in [6.45, 7) is 6.39. The minimum atomic E-state index is 0.237. The molecule has 2 atom stereocenters. The van der Waals surface area contributed by atoms with Crippen molar-refractivity contribution in [3.8, 4) is 0 Å². The zero-order chi connectivity index (χ0) is 19.6. The predicted octanol–water partition coefficient (Wildman–Crippen LogP) is 5.39. The molecule has 156 valence electrons. The summed E-state index contributed by atoms with van der Waals surface area (Å²) < 4.78 is 0.581. The van der Waals surface area contributed by atoms with Gasteiger partial charge in [-0.15, -0.1) is 23.5 Å². The molecule has 0 saturated carbocycles. The highest BCUT2D eigenvalue weighted by molar-refractivity contribution is 8.17. The first kappa shape index (κ1) is 22.0. The molecule has 1 aromatic rings. The van der Waals surface area contributed by atoms with E-state index in [1.54, 1.807) is 0 Å². The number of benzene rings is 1. The van der Waals surface area contributed by atoms with E-state index < -0.39 is 0 Å². The van der Waals surface area contributed by atoms with Crippen molar-refractivity contribution >= 4 is 29.4 Å². The molecule has 3 rings (SSSR count). The van der Waals surface area contributed by atoms with Crippen LogP contribution in [0.5, 0.6) is 0 Å². The van der Waals surface area contributed by atoms with Crippen molar-refractivity contribution < 1.29 is 4.79 Å². The van der Waals surface area contributed by atoms with Gasteiger partial charge >= 0.3 is 0 Å². The highest BCUT2D eigenvalue weighted by atomic mass is 32.2. The van der Waals surface area contributed by atoms with E-state index in [2.05, 4.69) is 64.9 Å². The van der Waals surface area contributed by atoms with Crippen molar-refractivity contribution in [2.45, 2.75) is 68.1 Å². The highest BCUT2D eigenvalue weighted by Crippen LogP contribution is 2.48. The first-order valence-corrected chi connectivity index (χ1v) is 13.0. The molecule has 0 spiro atoms. The van der Waals surface area contributed by atoms with Crippen LogP contribution >= 0.6 is 23.5 Å². The van der Waals surface area contributed by atoms with Crippen molar-refractivity contribution in [1.29, 1.82) is 0 Å². The summed E-state index contributed by atoms with van der Waals surface area (Å²) in [6.07, 6.45) is 9.43. The first-order chi connectivity index (χ1) is 13.7. The molecule has 1 N–H and O–H groups in total. The van der Waals surface area contributed by atoms with Crippen molar-refractivity contribution in [2.75, 3.05) is 31.9 Å². The molecule has 2 heterocycles. The largest absolute Gasteiger partial charge is 0.355 e.